The first-order valence-electron chi connectivity index (χ1n) is 6.55. The van der Waals surface area contributed by atoms with Crippen LogP contribution in [0.3, 0.4) is 0 Å². The van der Waals surface area contributed by atoms with E-state index in [9.17, 15) is 14.7 Å². The van der Waals surface area contributed by atoms with Crippen LogP contribution in [0.2, 0.25) is 0 Å². The summed E-state index contributed by atoms with van der Waals surface area (Å²) in [5.41, 5.74) is -0.469. The molecule has 0 atom stereocenters. The number of rotatable bonds is 4. The third-order valence-electron chi connectivity index (χ3n) is 2.38. The smallest absolute Gasteiger partial charge is 0.349 e. The maximum absolute atomic E-state index is 11.9. The highest BCUT2D eigenvalue weighted by Crippen LogP contribution is 2.15. The lowest BCUT2D eigenvalue weighted by Crippen LogP contribution is -2.28. The summed E-state index contributed by atoms with van der Waals surface area (Å²) >= 11 is 0. The summed E-state index contributed by atoms with van der Waals surface area (Å²) in [6, 6.07) is 9.04. The number of benzene rings is 1. The molecule has 0 bridgehead atoms. The van der Waals surface area contributed by atoms with E-state index >= 15 is 0 Å². The van der Waals surface area contributed by atoms with Gasteiger partial charge < -0.3 is 14.6 Å². The fourth-order valence-corrected chi connectivity index (χ4v) is 1.50. The minimum atomic E-state index is -0.909. The van der Waals surface area contributed by atoms with Gasteiger partial charge in [0, 0.05) is 0 Å². The van der Waals surface area contributed by atoms with Gasteiger partial charge in [-0.25, -0.2) is 9.59 Å². The summed E-state index contributed by atoms with van der Waals surface area (Å²) in [5, 5.41) is 9.52. The number of aliphatic hydroxyl groups excluding tert-OH is 1. The van der Waals surface area contributed by atoms with E-state index in [2.05, 4.69) is 0 Å². The molecule has 1 aromatic carbocycles. The summed E-state index contributed by atoms with van der Waals surface area (Å²) < 4.78 is 10.1. The molecule has 0 saturated heterocycles. The molecule has 0 aliphatic rings. The average Bonchev–Trinajstić information content (AvgIpc) is 2.35. The molecule has 0 aromatic heterocycles. The van der Waals surface area contributed by atoms with Crippen molar-refractivity contribution in [3.05, 3.63) is 47.2 Å². The molecule has 5 heteroatoms. The molecule has 0 spiro atoms. The monoisotopic (exact) mass is 292 g/mol. The van der Waals surface area contributed by atoms with Crippen LogP contribution in [0.25, 0.3) is 0 Å². The van der Waals surface area contributed by atoms with Crippen LogP contribution in [0.5, 0.6) is 0 Å². The number of hydrogen-bond acceptors (Lipinski definition) is 5. The van der Waals surface area contributed by atoms with Crippen LogP contribution >= 0.6 is 0 Å². The number of aliphatic hydroxyl groups is 1. The lowest BCUT2D eigenvalue weighted by atomic mass is 10.1. The molecule has 0 amide bonds. The summed E-state index contributed by atoms with van der Waals surface area (Å²) in [6.45, 7) is 6.27. The van der Waals surface area contributed by atoms with Crippen LogP contribution in [0.1, 0.15) is 33.3 Å². The molecule has 0 aliphatic carbocycles. The van der Waals surface area contributed by atoms with Crippen molar-refractivity contribution in [1.29, 1.82) is 0 Å². The highest BCUT2D eigenvalue weighted by atomic mass is 16.6. The first kappa shape index (κ1) is 16.8. The van der Waals surface area contributed by atoms with Gasteiger partial charge >= 0.3 is 11.9 Å². The number of allylic oxidation sites excluding steroid dienone is 1. The Kier molecular flexibility index (Phi) is 5.52. The molecule has 0 fully saturated rings. The predicted molar refractivity (Wildman–Crippen MR) is 77.4 cm³/mol. The minimum absolute atomic E-state index is 0.0131. The second-order valence-corrected chi connectivity index (χ2v) is 5.52. The topological polar surface area (TPSA) is 72.8 Å². The predicted octanol–water partition coefficient (Wildman–Crippen LogP) is 2.90. The van der Waals surface area contributed by atoms with Crippen molar-refractivity contribution in [2.45, 2.75) is 39.9 Å². The van der Waals surface area contributed by atoms with Crippen molar-refractivity contribution >= 4 is 11.9 Å². The quantitative estimate of drug-likeness (QED) is 0.304. The normalized spacial score (nSPS) is 12.4. The zero-order valence-corrected chi connectivity index (χ0v) is 12.7. The second-order valence-electron chi connectivity index (χ2n) is 5.52. The molecule has 0 aliphatic heterocycles. The fraction of sp³-hybridized carbons (Fsp3) is 0.375. The molecule has 1 rings (SSSR count). The zero-order chi connectivity index (χ0) is 16.0. The molecule has 0 saturated carbocycles. The Morgan fingerprint density at radius 1 is 1.10 bits per heavy atom. The molecule has 0 radical (unpaired) electrons. The Bertz CT molecular complexity index is 534. The van der Waals surface area contributed by atoms with Gasteiger partial charge in [0.1, 0.15) is 18.0 Å². The van der Waals surface area contributed by atoms with E-state index in [4.69, 9.17) is 9.47 Å². The Morgan fingerprint density at radius 3 is 2.14 bits per heavy atom. The molecule has 1 N–H and O–H groups in total. The first-order chi connectivity index (χ1) is 9.70. The van der Waals surface area contributed by atoms with Gasteiger partial charge in [-0.3, -0.25) is 0 Å². The largest absolute Gasteiger partial charge is 0.511 e. The van der Waals surface area contributed by atoms with E-state index in [-0.39, 0.29) is 6.61 Å². The van der Waals surface area contributed by atoms with Crippen LogP contribution in [0, 0.1) is 0 Å². The molecule has 0 unspecified atom stereocenters. The maximum atomic E-state index is 11.9. The molecular formula is C16H20O5. The van der Waals surface area contributed by atoms with Crippen molar-refractivity contribution in [3.8, 4) is 0 Å². The molecule has 0 heterocycles. The van der Waals surface area contributed by atoms with Gasteiger partial charge in [0.05, 0.1) is 0 Å². The van der Waals surface area contributed by atoms with Crippen molar-refractivity contribution in [2.24, 2.45) is 0 Å². The number of carbonyl (C=O) groups is 2. The second kappa shape index (κ2) is 6.92. The highest BCUT2D eigenvalue weighted by Gasteiger charge is 2.28. The van der Waals surface area contributed by atoms with Gasteiger partial charge in [0.15, 0.2) is 5.57 Å². The van der Waals surface area contributed by atoms with Crippen LogP contribution in [-0.2, 0) is 25.7 Å². The molecule has 1 aromatic rings. The molecule has 5 nitrogen and oxygen atoms in total. The zero-order valence-electron chi connectivity index (χ0n) is 12.7. The highest BCUT2D eigenvalue weighted by molar-refractivity contribution is 6.14. The van der Waals surface area contributed by atoms with Crippen LogP contribution in [0.15, 0.2) is 41.7 Å². The first-order valence-corrected chi connectivity index (χ1v) is 6.55. The standard InChI is InChI=1S/C16H20O5/c1-11(17)13(15(19)21-16(2,3)4)14(18)20-10-12-8-6-5-7-9-12/h5-9,17H,10H2,1-4H3/b13-11+. The third kappa shape index (κ3) is 5.69. The van der Waals surface area contributed by atoms with Crippen LogP contribution in [-0.4, -0.2) is 22.6 Å². The number of ether oxygens (including phenoxy) is 2. The summed E-state index contributed by atoms with van der Waals surface area (Å²) in [6.07, 6.45) is 0. The lowest BCUT2D eigenvalue weighted by Gasteiger charge is -2.20. The Hall–Kier alpha value is -2.30. The number of carbonyl (C=O) groups excluding carboxylic acids is 2. The van der Waals surface area contributed by atoms with Crippen molar-refractivity contribution in [3.63, 3.8) is 0 Å². The van der Waals surface area contributed by atoms with Crippen LogP contribution in [0.4, 0.5) is 0 Å². The Morgan fingerprint density at radius 2 is 1.67 bits per heavy atom. The number of hydrogen-bond donors (Lipinski definition) is 1. The third-order valence-corrected chi connectivity index (χ3v) is 2.38. The van der Waals surface area contributed by atoms with E-state index in [1.54, 1.807) is 32.9 Å². The van der Waals surface area contributed by atoms with E-state index in [0.717, 1.165) is 5.56 Å². The van der Waals surface area contributed by atoms with E-state index in [1.165, 1.54) is 6.92 Å². The summed E-state index contributed by atoms with van der Waals surface area (Å²) in [5.74, 6) is -2.24. The van der Waals surface area contributed by atoms with Gasteiger partial charge in [0.2, 0.25) is 0 Å². The van der Waals surface area contributed by atoms with E-state index < -0.39 is 28.9 Å². The molecular weight excluding hydrogens is 272 g/mol. The van der Waals surface area contributed by atoms with E-state index in [1.807, 2.05) is 18.2 Å². The average molecular weight is 292 g/mol. The maximum Gasteiger partial charge on any atom is 0.349 e. The van der Waals surface area contributed by atoms with Gasteiger partial charge in [-0.2, -0.15) is 0 Å². The van der Waals surface area contributed by atoms with Crippen molar-refractivity contribution < 1.29 is 24.2 Å². The van der Waals surface area contributed by atoms with Crippen molar-refractivity contribution in [2.75, 3.05) is 0 Å². The summed E-state index contributed by atoms with van der Waals surface area (Å²) in [4.78, 5) is 23.9. The minimum Gasteiger partial charge on any atom is -0.511 e. The Labute approximate surface area is 124 Å². The van der Waals surface area contributed by atoms with Gasteiger partial charge in [0.25, 0.3) is 0 Å². The SMILES string of the molecule is C/C(O)=C(/C(=O)OCc1ccccc1)C(=O)OC(C)(C)C. The molecule has 114 valence electrons. The van der Waals surface area contributed by atoms with Crippen molar-refractivity contribution in [1.82, 2.24) is 0 Å². The Balaban J connectivity index is 2.76. The van der Waals surface area contributed by atoms with Gasteiger partial charge in [-0.05, 0) is 33.3 Å². The fourth-order valence-electron chi connectivity index (χ4n) is 1.50. The summed E-state index contributed by atoms with van der Waals surface area (Å²) in [7, 11) is 0. The molecule has 21 heavy (non-hydrogen) atoms. The van der Waals surface area contributed by atoms with Crippen LogP contribution < -0.4 is 0 Å². The van der Waals surface area contributed by atoms with Gasteiger partial charge in [-0.1, -0.05) is 30.3 Å². The van der Waals surface area contributed by atoms with Gasteiger partial charge in [-0.15, -0.1) is 0 Å². The van der Waals surface area contributed by atoms with E-state index in [0.29, 0.717) is 0 Å². The lowest BCUT2D eigenvalue weighted by molar-refractivity contribution is -0.155. The number of esters is 2.